The Kier molecular flexibility index (Phi) is 5.39. The highest BCUT2D eigenvalue weighted by atomic mass is 16.5. The van der Waals surface area contributed by atoms with Crippen LogP contribution in [0.3, 0.4) is 0 Å². The second-order valence-corrected chi connectivity index (χ2v) is 8.37. The normalized spacial score (nSPS) is 17.9. The van der Waals surface area contributed by atoms with E-state index in [1.807, 2.05) is 11.7 Å². The van der Waals surface area contributed by atoms with E-state index in [2.05, 4.69) is 51.8 Å². The molecule has 2 aromatic heterocycles. The number of fused-ring (bicyclic) bond motifs is 1. The molecule has 30 heavy (non-hydrogen) atoms. The quantitative estimate of drug-likeness (QED) is 0.676. The zero-order valence-corrected chi connectivity index (χ0v) is 17.9. The molecule has 5 rings (SSSR count). The first-order chi connectivity index (χ1) is 14.7. The van der Waals surface area contributed by atoms with Crippen LogP contribution in [0.25, 0.3) is 16.6 Å². The van der Waals surface area contributed by atoms with Gasteiger partial charge in [-0.3, -0.25) is 4.90 Å². The number of rotatable bonds is 6. The Hall–Kier alpha value is -2.51. The molecular formula is C23H30N6O. The zero-order chi connectivity index (χ0) is 20.5. The fraction of sp³-hybridized carbons (Fsp3) is 0.522. The summed E-state index contributed by atoms with van der Waals surface area (Å²) < 4.78 is 7.53. The summed E-state index contributed by atoms with van der Waals surface area (Å²) in [7, 11) is 1.93. The standard InChI is InChI=1S/C23H30N6O/c1-3-16-11-20-19(17-5-9-30-10-6-17)12-23(24-2)25-21(20)13-22(16)29-15-18(26-27-29)14-28-7-4-8-28/h11-13,15,17H,3-10,14H2,1-2H3,(H,24,25). The highest BCUT2D eigenvalue weighted by Gasteiger charge is 2.21. The number of ether oxygens (including phenoxy) is 1. The number of anilines is 1. The Balaban J connectivity index is 1.57. The van der Waals surface area contributed by atoms with Crippen molar-refractivity contribution in [2.24, 2.45) is 0 Å². The third-order valence-electron chi connectivity index (χ3n) is 6.46. The summed E-state index contributed by atoms with van der Waals surface area (Å²) in [6, 6.07) is 6.72. The summed E-state index contributed by atoms with van der Waals surface area (Å²) in [4.78, 5) is 7.28. The molecule has 2 saturated heterocycles. The summed E-state index contributed by atoms with van der Waals surface area (Å²) in [6.07, 6.45) is 6.42. The lowest BCUT2D eigenvalue weighted by Crippen LogP contribution is -2.36. The topological polar surface area (TPSA) is 68.1 Å². The predicted octanol–water partition coefficient (Wildman–Crippen LogP) is 3.52. The molecule has 2 aliphatic heterocycles. The van der Waals surface area contributed by atoms with Crippen molar-refractivity contribution in [1.82, 2.24) is 24.9 Å². The van der Waals surface area contributed by atoms with Crippen molar-refractivity contribution < 1.29 is 4.74 Å². The number of nitrogens with one attached hydrogen (secondary N) is 1. The molecule has 1 aromatic carbocycles. The molecule has 0 atom stereocenters. The summed E-state index contributed by atoms with van der Waals surface area (Å²) in [5, 5.41) is 13.4. The van der Waals surface area contributed by atoms with E-state index >= 15 is 0 Å². The van der Waals surface area contributed by atoms with Crippen molar-refractivity contribution in [2.75, 3.05) is 38.7 Å². The summed E-state index contributed by atoms with van der Waals surface area (Å²) in [5.41, 5.74) is 5.76. The molecule has 0 bridgehead atoms. The van der Waals surface area contributed by atoms with Crippen LogP contribution >= 0.6 is 0 Å². The Bertz CT molecular complexity index is 1040. The van der Waals surface area contributed by atoms with E-state index in [9.17, 15) is 0 Å². The van der Waals surface area contributed by atoms with Gasteiger partial charge >= 0.3 is 0 Å². The molecule has 1 N–H and O–H groups in total. The number of pyridine rings is 1. The van der Waals surface area contributed by atoms with Crippen LogP contribution in [0.5, 0.6) is 0 Å². The molecule has 2 fully saturated rings. The third kappa shape index (κ3) is 3.68. The van der Waals surface area contributed by atoms with Gasteiger partial charge in [-0.1, -0.05) is 12.1 Å². The van der Waals surface area contributed by atoms with E-state index in [4.69, 9.17) is 9.72 Å². The lowest BCUT2D eigenvalue weighted by atomic mass is 9.88. The van der Waals surface area contributed by atoms with Crippen LogP contribution in [0, 0.1) is 0 Å². The van der Waals surface area contributed by atoms with E-state index in [1.165, 1.54) is 22.9 Å². The van der Waals surface area contributed by atoms with E-state index < -0.39 is 0 Å². The minimum absolute atomic E-state index is 0.515. The largest absolute Gasteiger partial charge is 0.381 e. The molecule has 0 saturated carbocycles. The van der Waals surface area contributed by atoms with E-state index in [1.54, 1.807) is 0 Å². The maximum atomic E-state index is 5.60. The van der Waals surface area contributed by atoms with Gasteiger partial charge in [0.15, 0.2) is 0 Å². The Morgan fingerprint density at radius 3 is 2.70 bits per heavy atom. The van der Waals surface area contributed by atoms with Crippen LogP contribution in [-0.4, -0.2) is 58.2 Å². The van der Waals surface area contributed by atoms with E-state index in [0.717, 1.165) is 74.8 Å². The van der Waals surface area contributed by atoms with Gasteiger partial charge in [-0.25, -0.2) is 9.67 Å². The number of aryl methyl sites for hydroxylation is 1. The summed E-state index contributed by atoms with van der Waals surface area (Å²) in [6.45, 7) is 7.07. The van der Waals surface area contributed by atoms with Gasteiger partial charge in [0.1, 0.15) is 5.82 Å². The van der Waals surface area contributed by atoms with Crippen molar-refractivity contribution in [3.05, 3.63) is 41.2 Å². The number of benzene rings is 1. The van der Waals surface area contributed by atoms with E-state index in [-0.39, 0.29) is 0 Å². The maximum absolute atomic E-state index is 5.60. The van der Waals surface area contributed by atoms with Crippen molar-refractivity contribution in [1.29, 1.82) is 0 Å². The fourth-order valence-corrected chi connectivity index (χ4v) is 4.56. The second kappa shape index (κ2) is 8.32. The second-order valence-electron chi connectivity index (χ2n) is 8.37. The average molecular weight is 407 g/mol. The Morgan fingerprint density at radius 2 is 2.00 bits per heavy atom. The monoisotopic (exact) mass is 406 g/mol. The summed E-state index contributed by atoms with van der Waals surface area (Å²) in [5.74, 6) is 1.43. The van der Waals surface area contributed by atoms with Gasteiger partial charge < -0.3 is 10.1 Å². The van der Waals surface area contributed by atoms with Gasteiger partial charge in [0.2, 0.25) is 0 Å². The minimum Gasteiger partial charge on any atom is -0.381 e. The molecule has 7 heteroatoms. The van der Waals surface area contributed by atoms with Gasteiger partial charge in [0.25, 0.3) is 0 Å². The SMILES string of the molecule is CCc1cc2c(C3CCOCC3)cc(NC)nc2cc1-n1cc(CN2CCC2)nn1. The number of nitrogens with zero attached hydrogens (tertiary/aromatic N) is 5. The molecule has 0 unspecified atom stereocenters. The minimum atomic E-state index is 0.515. The van der Waals surface area contributed by atoms with Crippen LogP contribution in [0.2, 0.25) is 0 Å². The lowest BCUT2D eigenvalue weighted by Gasteiger charge is -2.29. The molecule has 7 nitrogen and oxygen atoms in total. The van der Waals surface area contributed by atoms with Crippen molar-refractivity contribution in [3.63, 3.8) is 0 Å². The van der Waals surface area contributed by atoms with E-state index in [0.29, 0.717) is 5.92 Å². The molecule has 0 radical (unpaired) electrons. The van der Waals surface area contributed by atoms with Crippen molar-refractivity contribution in [2.45, 2.75) is 45.1 Å². The fourth-order valence-electron chi connectivity index (χ4n) is 4.56. The van der Waals surface area contributed by atoms with Gasteiger partial charge in [-0.2, -0.15) is 0 Å². The molecule has 3 aromatic rings. The van der Waals surface area contributed by atoms with Gasteiger partial charge in [-0.15, -0.1) is 5.10 Å². The average Bonchev–Trinajstić information content (AvgIpc) is 3.23. The van der Waals surface area contributed by atoms with Gasteiger partial charge in [0, 0.05) is 32.2 Å². The third-order valence-corrected chi connectivity index (χ3v) is 6.46. The molecule has 0 spiro atoms. The molecule has 0 amide bonds. The van der Waals surface area contributed by atoms with Crippen LogP contribution < -0.4 is 5.32 Å². The van der Waals surface area contributed by atoms with Crippen LogP contribution in [0.1, 0.15) is 48.9 Å². The zero-order valence-electron chi connectivity index (χ0n) is 17.9. The number of likely N-dealkylation sites (tertiary alicyclic amines) is 1. The molecule has 2 aliphatic rings. The highest BCUT2D eigenvalue weighted by Crippen LogP contribution is 2.35. The van der Waals surface area contributed by atoms with Gasteiger partial charge in [-0.05, 0) is 74.0 Å². The van der Waals surface area contributed by atoms with Crippen molar-refractivity contribution in [3.8, 4) is 5.69 Å². The van der Waals surface area contributed by atoms with Crippen LogP contribution in [0.4, 0.5) is 5.82 Å². The molecular weight excluding hydrogens is 376 g/mol. The smallest absolute Gasteiger partial charge is 0.126 e. The first-order valence-corrected chi connectivity index (χ1v) is 11.1. The molecule has 4 heterocycles. The molecule has 158 valence electrons. The predicted molar refractivity (Wildman–Crippen MR) is 118 cm³/mol. The number of hydrogen-bond acceptors (Lipinski definition) is 6. The first kappa shape index (κ1) is 19.5. The van der Waals surface area contributed by atoms with Crippen LogP contribution in [-0.2, 0) is 17.7 Å². The first-order valence-electron chi connectivity index (χ1n) is 11.1. The highest BCUT2D eigenvalue weighted by molar-refractivity contribution is 5.87. The Labute approximate surface area is 177 Å². The number of hydrogen-bond donors (Lipinski definition) is 1. The maximum Gasteiger partial charge on any atom is 0.126 e. The summed E-state index contributed by atoms with van der Waals surface area (Å²) >= 11 is 0. The van der Waals surface area contributed by atoms with Crippen molar-refractivity contribution >= 4 is 16.7 Å². The Morgan fingerprint density at radius 1 is 1.17 bits per heavy atom. The number of aromatic nitrogens is 4. The lowest BCUT2D eigenvalue weighted by molar-refractivity contribution is 0.0856. The van der Waals surface area contributed by atoms with Crippen LogP contribution in [0.15, 0.2) is 24.4 Å². The molecule has 0 aliphatic carbocycles. The van der Waals surface area contributed by atoms with Gasteiger partial charge in [0.05, 0.1) is 23.1 Å².